The summed E-state index contributed by atoms with van der Waals surface area (Å²) >= 11 is 0. The molecule has 2 heteroatoms. The van der Waals surface area contributed by atoms with Crippen molar-refractivity contribution in [3.63, 3.8) is 0 Å². The van der Waals surface area contributed by atoms with Gasteiger partial charge in [-0.05, 0) is 49.9 Å². The first-order chi connectivity index (χ1) is 10.1. The summed E-state index contributed by atoms with van der Waals surface area (Å²) in [6.07, 6.45) is 6.88. The van der Waals surface area contributed by atoms with Gasteiger partial charge in [0.25, 0.3) is 0 Å². The summed E-state index contributed by atoms with van der Waals surface area (Å²) in [5.74, 6) is 0.941. The van der Waals surface area contributed by atoms with Crippen LogP contribution in [0.4, 0.5) is 0 Å². The molecule has 1 N–H and O–H groups in total. The molecule has 0 atom stereocenters. The smallest absolute Gasteiger partial charge is 0.0230 e. The van der Waals surface area contributed by atoms with Crippen molar-refractivity contribution in [3.05, 3.63) is 35.4 Å². The fourth-order valence-electron chi connectivity index (χ4n) is 3.33. The number of hydrogen-bond acceptors (Lipinski definition) is 2. The van der Waals surface area contributed by atoms with Crippen LogP contribution in [-0.2, 0) is 13.0 Å². The van der Waals surface area contributed by atoms with Crippen LogP contribution in [0.2, 0.25) is 0 Å². The number of hydrogen-bond donors (Lipinski definition) is 1. The highest BCUT2D eigenvalue weighted by Gasteiger charge is 2.16. The van der Waals surface area contributed by atoms with Gasteiger partial charge in [0.1, 0.15) is 0 Å². The maximum Gasteiger partial charge on any atom is 0.0230 e. The predicted octanol–water partition coefficient (Wildman–Crippen LogP) is 3.85. The zero-order valence-corrected chi connectivity index (χ0v) is 14.1. The summed E-state index contributed by atoms with van der Waals surface area (Å²) in [6.45, 7) is 7.81. The van der Waals surface area contributed by atoms with Crippen LogP contribution in [-0.4, -0.2) is 31.1 Å². The Balaban J connectivity index is 1.73. The average Bonchev–Trinajstić information content (AvgIpc) is 2.93. The molecule has 1 saturated carbocycles. The SMILES string of the molecule is CC(C)NCCc1ccc(CN(C)CC2CCCC2)cc1. The van der Waals surface area contributed by atoms with Crippen LogP contribution in [0, 0.1) is 5.92 Å². The lowest BCUT2D eigenvalue weighted by molar-refractivity contribution is 0.271. The van der Waals surface area contributed by atoms with E-state index in [0.29, 0.717) is 6.04 Å². The van der Waals surface area contributed by atoms with Crippen molar-refractivity contribution in [1.82, 2.24) is 10.2 Å². The lowest BCUT2D eigenvalue weighted by Crippen LogP contribution is -2.25. The molecule has 0 heterocycles. The fourth-order valence-corrected chi connectivity index (χ4v) is 3.33. The molecule has 0 saturated heterocycles. The minimum Gasteiger partial charge on any atom is -0.314 e. The summed E-state index contributed by atoms with van der Waals surface area (Å²) in [4.78, 5) is 2.49. The fraction of sp³-hybridized carbons (Fsp3) is 0.684. The Labute approximate surface area is 130 Å². The molecule has 2 nitrogen and oxygen atoms in total. The maximum atomic E-state index is 3.47. The molecule has 1 fully saturated rings. The monoisotopic (exact) mass is 288 g/mol. The van der Waals surface area contributed by atoms with Gasteiger partial charge in [0.15, 0.2) is 0 Å². The van der Waals surface area contributed by atoms with Crippen LogP contribution in [0.3, 0.4) is 0 Å². The molecule has 21 heavy (non-hydrogen) atoms. The molecule has 1 aliphatic rings. The first-order valence-electron chi connectivity index (χ1n) is 8.63. The molecule has 2 rings (SSSR count). The van der Waals surface area contributed by atoms with Crippen molar-refractivity contribution in [3.8, 4) is 0 Å². The van der Waals surface area contributed by atoms with Crippen LogP contribution in [0.5, 0.6) is 0 Å². The molecule has 1 aromatic carbocycles. The van der Waals surface area contributed by atoms with Gasteiger partial charge in [0.2, 0.25) is 0 Å². The lowest BCUT2D eigenvalue weighted by atomic mass is 10.1. The molecule has 0 amide bonds. The second kappa shape index (κ2) is 8.55. The zero-order valence-electron chi connectivity index (χ0n) is 14.1. The lowest BCUT2D eigenvalue weighted by Gasteiger charge is -2.21. The molecule has 118 valence electrons. The van der Waals surface area contributed by atoms with Gasteiger partial charge >= 0.3 is 0 Å². The molecule has 0 spiro atoms. The first kappa shape index (κ1) is 16.5. The maximum absolute atomic E-state index is 3.47. The Morgan fingerprint density at radius 3 is 2.33 bits per heavy atom. The van der Waals surface area contributed by atoms with Gasteiger partial charge in [-0.2, -0.15) is 0 Å². The van der Waals surface area contributed by atoms with Crippen LogP contribution >= 0.6 is 0 Å². The van der Waals surface area contributed by atoms with Gasteiger partial charge in [-0.3, -0.25) is 0 Å². The number of rotatable bonds is 8. The third-order valence-corrected chi connectivity index (χ3v) is 4.49. The highest BCUT2D eigenvalue weighted by Crippen LogP contribution is 2.25. The van der Waals surface area contributed by atoms with Gasteiger partial charge in [-0.25, -0.2) is 0 Å². The van der Waals surface area contributed by atoms with Gasteiger partial charge in [0, 0.05) is 19.1 Å². The Kier molecular flexibility index (Phi) is 6.72. The van der Waals surface area contributed by atoms with E-state index in [1.54, 1.807) is 0 Å². The first-order valence-corrected chi connectivity index (χ1v) is 8.63. The minimum atomic E-state index is 0.577. The van der Waals surface area contributed by atoms with E-state index in [9.17, 15) is 0 Å². The highest BCUT2D eigenvalue weighted by atomic mass is 15.1. The van der Waals surface area contributed by atoms with E-state index in [1.807, 2.05) is 0 Å². The highest BCUT2D eigenvalue weighted by molar-refractivity contribution is 5.22. The quantitative estimate of drug-likeness (QED) is 0.781. The molecule has 0 aromatic heterocycles. The second-order valence-electron chi connectivity index (χ2n) is 7.02. The predicted molar refractivity (Wildman–Crippen MR) is 91.6 cm³/mol. The molecule has 1 aromatic rings. The third-order valence-electron chi connectivity index (χ3n) is 4.49. The Morgan fingerprint density at radius 1 is 1.10 bits per heavy atom. The summed E-state index contributed by atoms with van der Waals surface area (Å²) in [7, 11) is 2.26. The van der Waals surface area contributed by atoms with E-state index in [-0.39, 0.29) is 0 Å². The van der Waals surface area contributed by atoms with E-state index >= 15 is 0 Å². The van der Waals surface area contributed by atoms with E-state index in [4.69, 9.17) is 0 Å². The van der Waals surface area contributed by atoms with Crippen LogP contribution in [0.25, 0.3) is 0 Å². The topological polar surface area (TPSA) is 15.3 Å². The van der Waals surface area contributed by atoms with Crippen molar-refractivity contribution in [2.75, 3.05) is 20.1 Å². The van der Waals surface area contributed by atoms with E-state index in [2.05, 4.69) is 55.4 Å². The van der Waals surface area contributed by atoms with Crippen molar-refractivity contribution < 1.29 is 0 Å². The van der Waals surface area contributed by atoms with Crippen molar-refractivity contribution in [1.29, 1.82) is 0 Å². The number of nitrogens with one attached hydrogen (secondary N) is 1. The normalized spacial score (nSPS) is 16.2. The number of nitrogens with zero attached hydrogens (tertiary/aromatic N) is 1. The van der Waals surface area contributed by atoms with E-state index in [1.165, 1.54) is 43.4 Å². The molecule has 0 radical (unpaired) electrons. The Hall–Kier alpha value is -0.860. The molecule has 0 bridgehead atoms. The number of benzene rings is 1. The van der Waals surface area contributed by atoms with Gasteiger partial charge in [0.05, 0.1) is 0 Å². The molecular formula is C19H32N2. The van der Waals surface area contributed by atoms with E-state index < -0.39 is 0 Å². The summed E-state index contributed by atoms with van der Waals surface area (Å²) in [6, 6.07) is 9.77. The van der Waals surface area contributed by atoms with Crippen LogP contribution in [0.15, 0.2) is 24.3 Å². The minimum absolute atomic E-state index is 0.577. The second-order valence-corrected chi connectivity index (χ2v) is 7.02. The van der Waals surface area contributed by atoms with Gasteiger partial charge < -0.3 is 10.2 Å². The molecule has 0 aliphatic heterocycles. The van der Waals surface area contributed by atoms with E-state index in [0.717, 1.165) is 25.4 Å². The molecule has 0 unspecified atom stereocenters. The summed E-state index contributed by atoms with van der Waals surface area (Å²) < 4.78 is 0. The Bertz CT molecular complexity index is 391. The standard InChI is InChI=1S/C19H32N2/c1-16(2)20-13-12-17-8-10-19(11-9-17)15-21(3)14-18-6-4-5-7-18/h8-11,16,18,20H,4-7,12-15H2,1-3H3. The van der Waals surface area contributed by atoms with Crippen molar-refractivity contribution >= 4 is 0 Å². The van der Waals surface area contributed by atoms with Crippen molar-refractivity contribution in [2.24, 2.45) is 5.92 Å². The molecular weight excluding hydrogens is 256 g/mol. The zero-order chi connectivity index (χ0) is 15.1. The van der Waals surface area contributed by atoms with Crippen molar-refractivity contribution in [2.45, 2.75) is 58.5 Å². The van der Waals surface area contributed by atoms with Crippen LogP contribution < -0.4 is 5.32 Å². The summed E-state index contributed by atoms with van der Waals surface area (Å²) in [5, 5.41) is 3.47. The molecule has 1 aliphatic carbocycles. The average molecular weight is 288 g/mol. The summed E-state index contributed by atoms with van der Waals surface area (Å²) in [5.41, 5.74) is 2.88. The van der Waals surface area contributed by atoms with Gasteiger partial charge in [-0.1, -0.05) is 51.0 Å². The van der Waals surface area contributed by atoms with Crippen LogP contribution in [0.1, 0.15) is 50.7 Å². The van der Waals surface area contributed by atoms with Gasteiger partial charge in [-0.15, -0.1) is 0 Å². The third kappa shape index (κ3) is 6.19. The largest absolute Gasteiger partial charge is 0.314 e. The Morgan fingerprint density at radius 2 is 1.71 bits per heavy atom.